The van der Waals surface area contributed by atoms with Crippen LogP contribution in [0.5, 0.6) is 5.75 Å². The molecule has 4 fully saturated rings. The van der Waals surface area contributed by atoms with E-state index in [0.717, 1.165) is 38.1 Å². The predicted molar refractivity (Wildman–Crippen MR) is 143 cm³/mol. The van der Waals surface area contributed by atoms with Crippen molar-refractivity contribution in [2.75, 3.05) is 20.1 Å². The van der Waals surface area contributed by atoms with Crippen LogP contribution in [-0.2, 0) is 18.9 Å². The SMILES string of the molecule is C[C@H]1CC23CCC(N(C)C(=O)c4cccc(=O)n4C)C1C21CCN(CC2CC2)C3Cc2ccc(O)cc21. The lowest BCUT2D eigenvalue weighted by molar-refractivity contribution is -0.105. The summed E-state index contributed by atoms with van der Waals surface area (Å²) >= 11 is 0. The number of piperidine rings is 1. The van der Waals surface area contributed by atoms with Crippen molar-refractivity contribution in [3.8, 4) is 5.75 Å². The summed E-state index contributed by atoms with van der Waals surface area (Å²) in [6.45, 7) is 4.76. The molecule has 4 bridgehead atoms. The van der Waals surface area contributed by atoms with Gasteiger partial charge >= 0.3 is 0 Å². The number of phenolic OH excluding ortho intramolecular Hbond substituents is 1. The molecule has 4 aliphatic carbocycles. The summed E-state index contributed by atoms with van der Waals surface area (Å²) in [6, 6.07) is 11.7. The lowest BCUT2D eigenvalue weighted by Gasteiger charge is -2.67. The van der Waals surface area contributed by atoms with Crippen molar-refractivity contribution in [1.82, 2.24) is 14.4 Å². The van der Waals surface area contributed by atoms with Crippen molar-refractivity contribution >= 4 is 5.91 Å². The Hall–Kier alpha value is -2.60. The molecule has 1 aromatic heterocycles. The molecule has 6 heteroatoms. The van der Waals surface area contributed by atoms with Crippen molar-refractivity contribution in [3.05, 3.63) is 63.6 Å². The molecule has 0 spiro atoms. The molecule has 2 aromatic rings. The van der Waals surface area contributed by atoms with Crippen LogP contribution in [0.1, 0.15) is 67.1 Å². The third-order valence-electron chi connectivity index (χ3n) is 11.3. The first-order valence-corrected chi connectivity index (χ1v) is 14.3. The molecule has 5 unspecified atom stereocenters. The van der Waals surface area contributed by atoms with Crippen molar-refractivity contribution in [2.24, 2.45) is 30.2 Å². The number of rotatable bonds is 4. The minimum absolute atomic E-state index is 0.0243. The second-order valence-electron chi connectivity index (χ2n) is 12.9. The Bertz CT molecular complexity index is 1330. The van der Waals surface area contributed by atoms with E-state index in [1.165, 1.54) is 47.6 Å². The fourth-order valence-electron chi connectivity index (χ4n) is 9.83. The second kappa shape index (κ2) is 7.95. The number of carbonyl (C=O) groups is 1. The third kappa shape index (κ3) is 3.08. The third-order valence-corrected chi connectivity index (χ3v) is 11.3. The van der Waals surface area contributed by atoms with Crippen LogP contribution in [0.3, 0.4) is 0 Å². The number of nitrogens with zero attached hydrogens (tertiary/aromatic N) is 3. The molecule has 1 saturated heterocycles. The lowest BCUT2D eigenvalue weighted by atomic mass is 9.43. The van der Waals surface area contributed by atoms with Crippen molar-refractivity contribution in [1.29, 1.82) is 0 Å². The van der Waals surface area contributed by atoms with E-state index in [1.54, 1.807) is 19.2 Å². The molecule has 6 nitrogen and oxygen atoms in total. The Morgan fingerprint density at radius 3 is 2.76 bits per heavy atom. The smallest absolute Gasteiger partial charge is 0.270 e. The molecule has 196 valence electrons. The van der Waals surface area contributed by atoms with E-state index >= 15 is 0 Å². The number of aromatic nitrogens is 1. The van der Waals surface area contributed by atoms with Crippen LogP contribution in [-0.4, -0.2) is 57.6 Å². The highest BCUT2D eigenvalue weighted by molar-refractivity contribution is 5.92. The summed E-state index contributed by atoms with van der Waals surface area (Å²) in [5.74, 6) is 1.99. The maximum absolute atomic E-state index is 13.8. The van der Waals surface area contributed by atoms with Gasteiger partial charge in [-0.05, 0) is 104 Å². The highest BCUT2D eigenvalue weighted by atomic mass is 16.3. The molecule has 7 rings (SSSR count). The molecule has 2 heterocycles. The molecule has 1 amide bonds. The van der Waals surface area contributed by atoms with Gasteiger partial charge in [0.25, 0.3) is 11.5 Å². The topological polar surface area (TPSA) is 65.8 Å². The quantitative estimate of drug-likeness (QED) is 0.689. The van der Waals surface area contributed by atoms with E-state index in [-0.39, 0.29) is 28.3 Å². The number of phenols is 1. The van der Waals surface area contributed by atoms with Gasteiger partial charge in [0.2, 0.25) is 0 Å². The van der Waals surface area contributed by atoms with E-state index in [1.807, 2.05) is 18.0 Å². The highest BCUT2D eigenvalue weighted by Crippen LogP contribution is 2.74. The van der Waals surface area contributed by atoms with Crippen LogP contribution >= 0.6 is 0 Å². The van der Waals surface area contributed by atoms with Gasteiger partial charge in [-0.1, -0.05) is 19.1 Å². The Kier molecular flexibility index (Phi) is 5.05. The van der Waals surface area contributed by atoms with Gasteiger partial charge in [-0.3, -0.25) is 14.5 Å². The molecule has 6 atom stereocenters. The monoisotopic (exact) mass is 501 g/mol. The molecule has 0 radical (unpaired) electrons. The second-order valence-corrected chi connectivity index (χ2v) is 12.9. The van der Waals surface area contributed by atoms with Gasteiger partial charge < -0.3 is 14.6 Å². The van der Waals surface area contributed by atoms with E-state index < -0.39 is 0 Å². The minimum Gasteiger partial charge on any atom is -0.508 e. The number of benzene rings is 1. The normalized spacial score (nSPS) is 36.1. The van der Waals surface area contributed by atoms with Gasteiger partial charge in [0.1, 0.15) is 11.4 Å². The fraction of sp³-hybridized carbons (Fsp3) is 0.613. The van der Waals surface area contributed by atoms with E-state index in [2.05, 4.69) is 24.0 Å². The molecule has 1 N–H and O–H groups in total. The number of carbonyl (C=O) groups excluding carboxylic acids is 1. The fourth-order valence-corrected chi connectivity index (χ4v) is 9.83. The van der Waals surface area contributed by atoms with Crippen LogP contribution in [0.4, 0.5) is 0 Å². The van der Waals surface area contributed by atoms with Crippen LogP contribution in [0.25, 0.3) is 0 Å². The Balaban J connectivity index is 1.34. The first-order chi connectivity index (χ1) is 17.8. The van der Waals surface area contributed by atoms with Crippen LogP contribution in [0.2, 0.25) is 0 Å². The van der Waals surface area contributed by atoms with Crippen LogP contribution in [0.15, 0.2) is 41.2 Å². The highest BCUT2D eigenvalue weighted by Gasteiger charge is 2.73. The van der Waals surface area contributed by atoms with Gasteiger partial charge in [-0.25, -0.2) is 0 Å². The first kappa shape index (κ1) is 23.5. The maximum Gasteiger partial charge on any atom is 0.270 e. The summed E-state index contributed by atoms with van der Waals surface area (Å²) < 4.78 is 1.47. The number of fused-ring (bicyclic) bond motifs is 1. The molecule has 3 saturated carbocycles. The van der Waals surface area contributed by atoms with Gasteiger partial charge in [0.15, 0.2) is 0 Å². The molecular formula is C31H39N3O3. The Morgan fingerprint density at radius 2 is 1.97 bits per heavy atom. The van der Waals surface area contributed by atoms with Gasteiger partial charge in [0, 0.05) is 44.2 Å². The number of amides is 1. The zero-order chi connectivity index (χ0) is 25.7. The van der Waals surface area contributed by atoms with E-state index in [0.29, 0.717) is 29.3 Å². The molecule has 1 aliphatic heterocycles. The van der Waals surface area contributed by atoms with Crippen molar-refractivity contribution < 1.29 is 9.90 Å². The Labute approximate surface area is 219 Å². The zero-order valence-electron chi connectivity index (χ0n) is 22.3. The van der Waals surface area contributed by atoms with Crippen molar-refractivity contribution in [3.63, 3.8) is 0 Å². The largest absolute Gasteiger partial charge is 0.508 e. The molecule has 5 aliphatic rings. The first-order valence-electron chi connectivity index (χ1n) is 14.3. The molecular weight excluding hydrogens is 462 g/mol. The summed E-state index contributed by atoms with van der Waals surface area (Å²) in [6.07, 6.45) is 8.25. The van der Waals surface area contributed by atoms with Crippen LogP contribution in [0, 0.1) is 23.2 Å². The predicted octanol–water partition coefficient (Wildman–Crippen LogP) is 3.95. The summed E-state index contributed by atoms with van der Waals surface area (Å²) in [4.78, 5) is 30.9. The lowest BCUT2D eigenvalue weighted by Crippen LogP contribution is -2.70. The number of aromatic hydroxyl groups is 1. The van der Waals surface area contributed by atoms with Gasteiger partial charge in [-0.15, -0.1) is 0 Å². The number of hydrogen-bond acceptors (Lipinski definition) is 4. The number of hydrogen-bond donors (Lipinski definition) is 1. The summed E-state index contributed by atoms with van der Waals surface area (Å²) in [5.41, 5.74) is 3.24. The molecule has 37 heavy (non-hydrogen) atoms. The number of likely N-dealkylation sites (tertiary alicyclic amines) is 1. The average Bonchev–Trinajstić information content (AvgIpc) is 3.67. The summed E-state index contributed by atoms with van der Waals surface area (Å²) in [7, 11) is 3.64. The summed E-state index contributed by atoms with van der Waals surface area (Å²) in [5, 5.41) is 10.7. The van der Waals surface area contributed by atoms with Gasteiger partial charge in [0.05, 0.1) is 0 Å². The Morgan fingerprint density at radius 1 is 1.16 bits per heavy atom. The van der Waals surface area contributed by atoms with E-state index in [9.17, 15) is 14.7 Å². The minimum atomic E-state index is -0.155. The molecule has 1 aromatic carbocycles. The van der Waals surface area contributed by atoms with Crippen LogP contribution < -0.4 is 5.56 Å². The van der Waals surface area contributed by atoms with E-state index in [4.69, 9.17) is 0 Å². The maximum atomic E-state index is 13.8. The standard InChI is InChI=1S/C31H39N3O3/c1-19-17-30-12-11-24(33(3)29(37)25-5-4-6-27(36)32(25)2)28(19)31(30)13-14-34(18-20-7-8-20)26(30)15-21-9-10-22(35)16-23(21)31/h4-6,9-10,16,19-20,24,26,28,35H,7-8,11-15,17-18H2,1-3H3/t19-,24?,26?,28?,30?,31?/m0/s1. The van der Waals surface area contributed by atoms with Crippen molar-refractivity contribution in [2.45, 2.75) is 69.4 Å². The van der Waals surface area contributed by atoms with Gasteiger partial charge in [-0.2, -0.15) is 0 Å². The average molecular weight is 502 g/mol. The number of pyridine rings is 1. The zero-order valence-corrected chi connectivity index (χ0v) is 22.3.